The number of aliphatic hydroxyl groups excluding tert-OH is 1. The minimum atomic E-state index is -0.591. The number of carbonyl (C=O) groups is 1. The van der Waals surface area contributed by atoms with E-state index in [-0.39, 0.29) is 30.1 Å². The van der Waals surface area contributed by atoms with Crippen molar-refractivity contribution in [2.24, 2.45) is 0 Å². The number of hydrogen-bond acceptors (Lipinski definition) is 4. The summed E-state index contributed by atoms with van der Waals surface area (Å²) in [6, 6.07) is 2.52. The first-order valence-corrected chi connectivity index (χ1v) is 5.29. The second-order valence-electron chi connectivity index (χ2n) is 3.75. The van der Waals surface area contributed by atoms with Gasteiger partial charge in [-0.15, -0.1) is 0 Å². The normalized spacial score (nSPS) is 12.1. The van der Waals surface area contributed by atoms with E-state index in [1.54, 1.807) is 0 Å². The Hall–Kier alpha value is -1.89. The van der Waals surface area contributed by atoms with Crippen LogP contribution in [-0.2, 0) is 0 Å². The minimum Gasteiger partial charge on any atom is -0.396 e. The molecule has 1 unspecified atom stereocenters. The van der Waals surface area contributed by atoms with Crippen molar-refractivity contribution in [1.29, 1.82) is 0 Å². The molecule has 94 valence electrons. The van der Waals surface area contributed by atoms with Crippen LogP contribution in [0, 0.1) is 10.1 Å². The Labute approximate surface area is 98.0 Å². The molecular weight excluding hydrogens is 226 g/mol. The zero-order valence-corrected chi connectivity index (χ0v) is 9.47. The van der Waals surface area contributed by atoms with Crippen molar-refractivity contribution in [3.05, 3.63) is 27.9 Å². The van der Waals surface area contributed by atoms with Crippen LogP contribution in [0.25, 0.3) is 0 Å². The van der Waals surface area contributed by atoms with Crippen molar-refractivity contribution >= 4 is 11.7 Å². The minimum absolute atomic E-state index is 0.0776. The molecule has 1 heterocycles. The first-order chi connectivity index (χ1) is 8.04. The Morgan fingerprint density at radius 3 is 2.88 bits per heavy atom. The lowest BCUT2D eigenvalue weighted by Crippen LogP contribution is -2.32. The van der Waals surface area contributed by atoms with Gasteiger partial charge in [0.2, 0.25) is 0 Å². The summed E-state index contributed by atoms with van der Waals surface area (Å²) in [7, 11) is 0. The van der Waals surface area contributed by atoms with Crippen molar-refractivity contribution < 1.29 is 14.8 Å². The highest BCUT2D eigenvalue weighted by Crippen LogP contribution is 2.10. The van der Waals surface area contributed by atoms with Gasteiger partial charge < -0.3 is 20.5 Å². The molecule has 0 bridgehead atoms. The van der Waals surface area contributed by atoms with E-state index in [9.17, 15) is 14.9 Å². The molecule has 0 aliphatic carbocycles. The second-order valence-corrected chi connectivity index (χ2v) is 3.75. The summed E-state index contributed by atoms with van der Waals surface area (Å²) in [6.45, 7) is 1.89. The second kappa shape index (κ2) is 6.00. The highest BCUT2D eigenvalue weighted by molar-refractivity contribution is 5.93. The molecule has 7 heteroatoms. The van der Waals surface area contributed by atoms with Crippen LogP contribution in [0.3, 0.4) is 0 Å². The summed E-state index contributed by atoms with van der Waals surface area (Å²) >= 11 is 0. The number of nitro groups is 1. The molecule has 1 aromatic rings. The molecule has 3 N–H and O–H groups in total. The van der Waals surface area contributed by atoms with Crippen LogP contribution in [-0.4, -0.2) is 33.6 Å². The van der Waals surface area contributed by atoms with Gasteiger partial charge in [0, 0.05) is 18.7 Å². The number of aliphatic hydroxyl groups is 1. The molecule has 0 spiro atoms. The molecule has 0 saturated heterocycles. The fourth-order valence-corrected chi connectivity index (χ4v) is 1.39. The van der Waals surface area contributed by atoms with E-state index in [1.165, 1.54) is 12.1 Å². The standard InChI is InChI=1S/C10H15N3O4/c1-7(3-2-6-14)11-10(15)8-4-5-9(12-8)13(16)17/h4-5,7,12,14H,2-3,6H2,1H3,(H,11,15). The number of aromatic nitrogens is 1. The van der Waals surface area contributed by atoms with Gasteiger partial charge in [0.1, 0.15) is 0 Å². The van der Waals surface area contributed by atoms with Gasteiger partial charge in [0.15, 0.2) is 5.69 Å². The largest absolute Gasteiger partial charge is 0.396 e. The SMILES string of the molecule is CC(CCCO)NC(=O)c1ccc([N+](=O)[O-])[nH]1. The molecule has 17 heavy (non-hydrogen) atoms. The molecule has 0 aromatic carbocycles. The molecule has 0 aliphatic rings. The van der Waals surface area contributed by atoms with Gasteiger partial charge >= 0.3 is 5.82 Å². The lowest BCUT2D eigenvalue weighted by atomic mass is 10.2. The first-order valence-electron chi connectivity index (χ1n) is 5.29. The Balaban J connectivity index is 2.54. The summed E-state index contributed by atoms with van der Waals surface area (Å²) in [4.78, 5) is 23.9. The lowest BCUT2D eigenvalue weighted by molar-refractivity contribution is -0.389. The van der Waals surface area contributed by atoms with Crippen LogP contribution in [0.5, 0.6) is 0 Å². The van der Waals surface area contributed by atoms with E-state index in [2.05, 4.69) is 10.3 Å². The number of rotatable bonds is 6. The van der Waals surface area contributed by atoms with Crippen LogP contribution >= 0.6 is 0 Å². The average Bonchev–Trinajstić information content (AvgIpc) is 2.75. The van der Waals surface area contributed by atoms with Crippen molar-refractivity contribution in [3.8, 4) is 0 Å². The number of nitrogens with zero attached hydrogens (tertiary/aromatic N) is 1. The van der Waals surface area contributed by atoms with Gasteiger partial charge in [-0.3, -0.25) is 4.79 Å². The van der Waals surface area contributed by atoms with E-state index in [1.807, 2.05) is 6.92 Å². The van der Waals surface area contributed by atoms with Gasteiger partial charge in [0.25, 0.3) is 5.91 Å². The van der Waals surface area contributed by atoms with Crippen LogP contribution < -0.4 is 5.32 Å². The Morgan fingerprint density at radius 2 is 2.35 bits per heavy atom. The van der Waals surface area contributed by atoms with Gasteiger partial charge in [-0.25, -0.2) is 4.98 Å². The van der Waals surface area contributed by atoms with Crippen molar-refractivity contribution in [1.82, 2.24) is 10.3 Å². The summed E-state index contributed by atoms with van der Waals surface area (Å²) in [5.74, 6) is -0.596. The molecule has 0 saturated carbocycles. The van der Waals surface area contributed by atoms with E-state index < -0.39 is 4.92 Å². The van der Waals surface area contributed by atoms with Crippen LogP contribution in [0.15, 0.2) is 12.1 Å². The fourth-order valence-electron chi connectivity index (χ4n) is 1.39. The van der Waals surface area contributed by atoms with E-state index >= 15 is 0 Å². The van der Waals surface area contributed by atoms with Gasteiger partial charge in [-0.05, 0) is 30.8 Å². The number of aromatic amines is 1. The summed E-state index contributed by atoms with van der Waals surface area (Å²) in [5.41, 5.74) is 0.160. The maximum atomic E-state index is 11.6. The molecule has 0 aliphatic heterocycles. The lowest BCUT2D eigenvalue weighted by Gasteiger charge is -2.11. The molecule has 1 aromatic heterocycles. The van der Waals surface area contributed by atoms with E-state index in [0.717, 1.165) is 0 Å². The Bertz CT molecular complexity index is 402. The molecule has 7 nitrogen and oxygen atoms in total. The number of nitrogens with one attached hydrogen (secondary N) is 2. The Kier molecular flexibility index (Phi) is 4.65. The molecular formula is C10H15N3O4. The van der Waals surface area contributed by atoms with Crippen LogP contribution in [0.1, 0.15) is 30.3 Å². The number of hydrogen-bond donors (Lipinski definition) is 3. The van der Waals surface area contributed by atoms with Gasteiger partial charge in [-0.2, -0.15) is 0 Å². The Morgan fingerprint density at radius 1 is 1.65 bits per heavy atom. The molecule has 0 fully saturated rings. The average molecular weight is 241 g/mol. The first kappa shape index (κ1) is 13.2. The topological polar surface area (TPSA) is 108 Å². The van der Waals surface area contributed by atoms with Crippen molar-refractivity contribution in [2.45, 2.75) is 25.8 Å². The fraction of sp³-hybridized carbons (Fsp3) is 0.500. The molecule has 1 rings (SSSR count). The third-order valence-corrected chi connectivity index (χ3v) is 2.28. The van der Waals surface area contributed by atoms with Crippen LogP contribution in [0.2, 0.25) is 0 Å². The number of H-pyrrole nitrogens is 1. The number of amides is 1. The monoisotopic (exact) mass is 241 g/mol. The highest BCUT2D eigenvalue weighted by Gasteiger charge is 2.16. The quantitative estimate of drug-likeness (QED) is 0.506. The van der Waals surface area contributed by atoms with Crippen molar-refractivity contribution in [2.75, 3.05) is 6.61 Å². The third kappa shape index (κ3) is 3.87. The predicted octanol–water partition coefficient (Wildman–Crippen LogP) is 0.814. The predicted molar refractivity (Wildman–Crippen MR) is 60.7 cm³/mol. The van der Waals surface area contributed by atoms with E-state index in [0.29, 0.717) is 12.8 Å². The smallest absolute Gasteiger partial charge is 0.321 e. The summed E-state index contributed by atoms with van der Waals surface area (Å²) in [5, 5.41) is 21.7. The molecule has 1 atom stereocenters. The zero-order valence-electron chi connectivity index (χ0n) is 9.47. The summed E-state index contributed by atoms with van der Waals surface area (Å²) < 4.78 is 0. The van der Waals surface area contributed by atoms with Crippen LogP contribution in [0.4, 0.5) is 5.82 Å². The maximum Gasteiger partial charge on any atom is 0.321 e. The number of carbonyl (C=O) groups excluding carboxylic acids is 1. The van der Waals surface area contributed by atoms with Gasteiger partial charge in [-0.1, -0.05) is 0 Å². The van der Waals surface area contributed by atoms with E-state index in [4.69, 9.17) is 5.11 Å². The molecule has 0 radical (unpaired) electrons. The van der Waals surface area contributed by atoms with Gasteiger partial charge in [0.05, 0.1) is 0 Å². The molecule has 1 amide bonds. The highest BCUT2D eigenvalue weighted by atomic mass is 16.6. The van der Waals surface area contributed by atoms with Crippen molar-refractivity contribution in [3.63, 3.8) is 0 Å². The third-order valence-electron chi connectivity index (χ3n) is 2.28. The zero-order chi connectivity index (χ0) is 12.8. The maximum absolute atomic E-state index is 11.6. The summed E-state index contributed by atoms with van der Waals surface area (Å²) in [6.07, 6.45) is 1.26.